The Morgan fingerprint density at radius 1 is 1.33 bits per heavy atom. The summed E-state index contributed by atoms with van der Waals surface area (Å²) in [6.07, 6.45) is 2.20. The van der Waals surface area contributed by atoms with Crippen molar-refractivity contribution in [3.8, 4) is 5.88 Å². The summed E-state index contributed by atoms with van der Waals surface area (Å²) in [5.74, 6) is 0.579. The number of aromatic hydroxyl groups is 1. The zero-order chi connectivity index (χ0) is 19.0. The Bertz CT molecular complexity index is 944. The van der Waals surface area contributed by atoms with Crippen LogP contribution in [-0.2, 0) is 11.2 Å². The Labute approximate surface area is 161 Å². The van der Waals surface area contributed by atoms with Crippen LogP contribution in [0.5, 0.6) is 5.88 Å². The number of hydrogen-bond donors (Lipinski definition) is 2. The molecule has 1 amide bonds. The van der Waals surface area contributed by atoms with Crippen LogP contribution in [-0.4, -0.2) is 43.6 Å². The van der Waals surface area contributed by atoms with E-state index in [-0.39, 0.29) is 23.7 Å². The molecule has 2 aromatic heterocycles. The van der Waals surface area contributed by atoms with Gasteiger partial charge in [-0.05, 0) is 31.5 Å². The number of piperidine rings is 1. The number of aryl methyl sites for hydroxylation is 1. The molecule has 3 heterocycles. The lowest BCUT2D eigenvalue weighted by molar-refractivity contribution is -0.123. The summed E-state index contributed by atoms with van der Waals surface area (Å²) >= 11 is 1.47. The van der Waals surface area contributed by atoms with Gasteiger partial charge in [0.1, 0.15) is 0 Å². The number of hydrogen-bond acceptors (Lipinski definition) is 6. The highest BCUT2D eigenvalue weighted by Crippen LogP contribution is 2.41. The lowest BCUT2D eigenvalue weighted by Crippen LogP contribution is -2.40. The molecule has 8 heteroatoms. The minimum Gasteiger partial charge on any atom is -0.492 e. The van der Waals surface area contributed by atoms with E-state index < -0.39 is 0 Å². The van der Waals surface area contributed by atoms with Gasteiger partial charge < -0.3 is 10.8 Å². The highest BCUT2D eigenvalue weighted by molar-refractivity contribution is 7.17. The molecule has 1 aromatic carbocycles. The molecule has 27 heavy (non-hydrogen) atoms. The lowest BCUT2D eigenvalue weighted by Gasteiger charge is -2.36. The molecule has 0 saturated carbocycles. The number of amides is 1. The van der Waals surface area contributed by atoms with Crippen molar-refractivity contribution in [2.75, 3.05) is 13.1 Å². The molecule has 4 rings (SSSR count). The van der Waals surface area contributed by atoms with E-state index in [2.05, 4.69) is 27.1 Å². The smallest absolute Gasteiger partial charge is 0.230 e. The monoisotopic (exact) mass is 385 g/mol. The summed E-state index contributed by atoms with van der Waals surface area (Å²) in [4.78, 5) is 19.9. The fourth-order valence-electron chi connectivity index (χ4n) is 3.72. The number of aromatic nitrogens is 3. The van der Waals surface area contributed by atoms with Crippen molar-refractivity contribution in [2.24, 2.45) is 11.7 Å². The largest absolute Gasteiger partial charge is 0.492 e. The van der Waals surface area contributed by atoms with E-state index in [4.69, 9.17) is 5.73 Å². The Hall–Kier alpha value is -2.45. The lowest BCUT2D eigenvalue weighted by atomic mass is 9.93. The second-order valence-electron chi connectivity index (χ2n) is 6.89. The van der Waals surface area contributed by atoms with Crippen molar-refractivity contribution < 1.29 is 9.90 Å². The number of rotatable bonds is 5. The number of nitrogens with zero attached hydrogens (tertiary/aromatic N) is 4. The first kappa shape index (κ1) is 17.9. The molecule has 1 aliphatic rings. The molecular formula is C19H23N5O2S. The summed E-state index contributed by atoms with van der Waals surface area (Å²) in [6.45, 7) is 3.49. The van der Waals surface area contributed by atoms with Gasteiger partial charge >= 0.3 is 0 Å². The molecule has 0 spiro atoms. The van der Waals surface area contributed by atoms with Gasteiger partial charge in [0.25, 0.3) is 0 Å². The first-order chi connectivity index (χ1) is 13.1. The Balaban J connectivity index is 1.72. The van der Waals surface area contributed by atoms with Crippen molar-refractivity contribution >= 4 is 22.2 Å². The maximum atomic E-state index is 11.5. The summed E-state index contributed by atoms with van der Waals surface area (Å²) in [6, 6.07) is 10.0. The summed E-state index contributed by atoms with van der Waals surface area (Å²) in [5.41, 5.74) is 6.59. The van der Waals surface area contributed by atoms with E-state index in [0.717, 1.165) is 48.6 Å². The average Bonchev–Trinajstić information content (AvgIpc) is 3.23. The second-order valence-corrected chi connectivity index (χ2v) is 7.90. The fourth-order valence-corrected chi connectivity index (χ4v) is 4.86. The third kappa shape index (κ3) is 3.30. The summed E-state index contributed by atoms with van der Waals surface area (Å²) in [5, 5.41) is 15.3. The zero-order valence-electron chi connectivity index (χ0n) is 15.2. The molecule has 1 saturated heterocycles. The predicted octanol–water partition coefficient (Wildman–Crippen LogP) is 2.35. The number of carbonyl (C=O) groups is 1. The topological polar surface area (TPSA) is 96.8 Å². The van der Waals surface area contributed by atoms with Crippen LogP contribution in [0.2, 0.25) is 0 Å². The maximum absolute atomic E-state index is 11.5. The van der Waals surface area contributed by atoms with Crippen LogP contribution in [0.1, 0.15) is 42.1 Å². The number of benzene rings is 1. The Morgan fingerprint density at radius 3 is 2.63 bits per heavy atom. The van der Waals surface area contributed by atoms with Crippen LogP contribution in [0.15, 0.2) is 30.3 Å². The molecule has 3 N–H and O–H groups in total. The average molecular weight is 385 g/mol. The quantitative estimate of drug-likeness (QED) is 0.703. The van der Waals surface area contributed by atoms with Crippen LogP contribution in [0.4, 0.5) is 0 Å². The van der Waals surface area contributed by atoms with Crippen molar-refractivity contribution in [1.82, 2.24) is 19.5 Å². The third-order valence-corrected chi connectivity index (χ3v) is 6.29. The van der Waals surface area contributed by atoms with Crippen molar-refractivity contribution in [2.45, 2.75) is 32.2 Å². The number of thiazole rings is 1. The van der Waals surface area contributed by atoms with Gasteiger partial charge in [0.05, 0.1) is 10.9 Å². The molecule has 7 nitrogen and oxygen atoms in total. The molecule has 3 aromatic rings. The first-order valence-corrected chi connectivity index (χ1v) is 10.1. The van der Waals surface area contributed by atoms with Crippen molar-refractivity contribution in [1.29, 1.82) is 0 Å². The Morgan fingerprint density at radius 2 is 2.04 bits per heavy atom. The number of fused-ring (bicyclic) bond motifs is 1. The summed E-state index contributed by atoms with van der Waals surface area (Å²) < 4.78 is 1.53. The van der Waals surface area contributed by atoms with Crippen LogP contribution in [0, 0.1) is 5.92 Å². The zero-order valence-corrected chi connectivity index (χ0v) is 16.0. The minimum atomic E-state index is -0.223. The van der Waals surface area contributed by atoms with Crippen LogP contribution in [0.3, 0.4) is 0 Å². The molecule has 0 radical (unpaired) electrons. The fraction of sp³-hybridized carbons (Fsp3) is 0.421. The van der Waals surface area contributed by atoms with Gasteiger partial charge in [-0.1, -0.05) is 48.6 Å². The van der Waals surface area contributed by atoms with Crippen molar-refractivity contribution in [3.05, 3.63) is 46.6 Å². The van der Waals surface area contributed by atoms with Gasteiger partial charge in [-0.3, -0.25) is 9.69 Å². The molecular weight excluding hydrogens is 362 g/mol. The van der Waals surface area contributed by atoms with Crippen LogP contribution >= 0.6 is 11.3 Å². The van der Waals surface area contributed by atoms with E-state index in [1.807, 2.05) is 25.1 Å². The van der Waals surface area contributed by atoms with E-state index in [9.17, 15) is 9.90 Å². The summed E-state index contributed by atoms with van der Waals surface area (Å²) in [7, 11) is 0. The van der Waals surface area contributed by atoms with E-state index in [1.165, 1.54) is 15.9 Å². The van der Waals surface area contributed by atoms with E-state index in [0.29, 0.717) is 4.96 Å². The predicted molar refractivity (Wildman–Crippen MR) is 104 cm³/mol. The molecule has 1 aliphatic heterocycles. The molecule has 142 valence electrons. The molecule has 1 fully saturated rings. The third-order valence-electron chi connectivity index (χ3n) is 5.22. The van der Waals surface area contributed by atoms with Gasteiger partial charge in [-0.2, -0.15) is 4.52 Å². The Kier molecular flexibility index (Phi) is 4.84. The van der Waals surface area contributed by atoms with Crippen LogP contribution in [0.25, 0.3) is 4.96 Å². The van der Waals surface area contributed by atoms with Crippen molar-refractivity contribution in [3.63, 3.8) is 0 Å². The molecule has 0 aliphatic carbocycles. The standard InChI is InChI=1S/C19H23N5O2S/c1-2-14-21-19-24(22-14)18(26)16(27-19)15(12-6-4-3-5-7-12)23-10-8-13(9-11-23)17(20)25/h3-7,13,15,26H,2,8-11H2,1H3,(H2,20,25)/t15-/m0/s1. The van der Waals surface area contributed by atoms with Gasteiger partial charge in [-0.25, -0.2) is 4.98 Å². The van der Waals surface area contributed by atoms with Gasteiger partial charge in [0, 0.05) is 12.3 Å². The van der Waals surface area contributed by atoms with E-state index >= 15 is 0 Å². The number of carbonyl (C=O) groups excluding carboxylic acids is 1. The number of primary amides is 1. The van der Waals surface area contributed by atoms with Gasteiger partial charge in [-0.15, -0.1) is 5.10 Å². The van der Waals surface area contributed by atoms with Crippen LogP contribution < -0.4 is 5.73 Å². The van der Waals surface area contributed by atoms with Gasteiger partial charge in [0.15, 0.2) is 5.82 Å². The highest BCUT2D eigenvalue weighted by atomic mass is 32.1. The molecule has 0 unspecified atom stereocenters. The van der Waals surface area contributed by atoms with Gasteiger partial charge in [0.2, 0.25) is 16.7 Å². The highest BCUT2D eigenvalue weighted by Gasteiger charge is 2.33. The number of nitrogens with two attached hydrogens (primary N) is 1. The SMILES string of the molecule is CCc1nc2sc([C@H](c3ccccc3)N3CCC(C(N)=O)CC3)c(O)n2n1. The minimum absolute atomic E-state index is 0.0688. The van der Waals surface area contributed by atoms with E-state index in [1.54, 1.807) is 0 Å². The first-order valence-electron chi connectivity index (χ1n) is 9.24. The second kappa shape index (κ2) is 7.28. The normalized spacial score (nSPS) is 17.4. The number of likely N-dealkylation sites (tertiary alicyclic amines) is 1. The maximum Gasteiger partial charge on any atom is 0.230 e. The molecule has 1 atom stereocenters. The molecule has 0 bridgehead atoms.